The third-order valence-electron chi connectivity index (χ3n) is 6.11. The summed E-state index contributed by atoms with van der Waals surface area (Å²) in [4.78, 5) is 38.3. The van der Waals surface area contributed by atoms with Crippen molar-refractivity contribution in [3.05, 3.63) is 63.2 Å². The van der Waals surface area contributed by atoms with Gasteiger partial charge in [-0.25, -0.2) is 4.79 Å². The molecule has 0 radical (unpaired) electrons. The molecule has 172 valence electrons. The van der Waals surface area contributed by atoms with E-state index >= 15 is 0 Å². The molecule has 8 nitrogen and oxygen atoms in total. The number of hydrogen-bond acceptors (Lipinski definition) is 6. The van der Waals surface area contributed by atoms with E-state index in [1.54, 1.807) is 7.11 Å². The Morgan fingerprint density at radius 3 is 2.59 bits per heavy atom. The summed E-state index contributed by atoms with van der Waals surface area (Å²) in [6, 6.07) is 10.1. The topological polar surface area (TPSA) is 100 Å². The average molecular weight is 443 g/mol. The molecule has 1 N–H and O–H groups in total. The van der Waals surface area contributed by atoms with E-state index in [4.69, 9.17) is 19.1 Å². The molecule has 2 fully saturated rings. The summed E-state index contributed by atoms with van der Waals surface area (Å²) in [5.74, 6) is 1.24. The van der Waals surface area contributed by atoms with Crippen molar-refractivity contribution in [2.45, 2.75) is 38.6 Å². The average Bonchev–Trinajstić information content (AvgIpc) is 3.26. The van der Waals surface area contributed by atoms with Crippen LogP contribution in [0.4, 0.5) is 0 Å². The smallest absolute Gasteiger partial charge is 0.349 e. The Labute approximate surface area is 187 Å². The molecule has 4 rings (SSSR count). The van der Waals surface area contributed by atoms with Gasteiger partial charge in [-0.1, -0.05) is 12.1 Å². The van der Waals surface area contributed by atoms with Crippen LogP contribution in [0.15, 0.2) is 39.5 Å². The van der Waals surface area contributed by atoms with Gasteiger partial charge in [-0.3, -0.25) is 14.5 Å². The molecule has 0 spiro atoms. The van der Waals surface area contributed by atoms with Gasteiger partial charge >= 0.3 is 5.63 Å². The minimum absolute atomic E-state index is 0.185. The molecule has 2 aliphatic rings. The number of aryl methyl sites for hydroxylation is 3. The Morgan fingerprint density at radius 1 is 1.22 bits per heavy atom. The van der Waals surface area contributed by atoms with Gasteiger partial charge in [0, 0.05) is 32.1 Å². The van der Waals surface area contributed by atoms with Gasteiger partial charge in [0.05, 0.1) is 7.11 Å². The molecule has 1 aromatic heterocycles. The minimum atomic E-state index is -0.520. The number of rotatable bonds is 5. The number of carbonyl (C=O) groups is 2. The van der Waals surface area contributed by atoms with E-state index in [0.717, 1.165) is 37.2 Å². The number of carboxylic acid groups (broad SMARTS) is 1. The first-order chi connectivity index (χ1) is 15.5. The largest absolute Gasteiger partial charge is 0.497 e. The third-order valence-corrected chi connectivity index (χ3v) is 6.11. The monoisotopic (exact) mass is 442 g/mol. The van der Waals surface area contributed by atoms with E-state index < -0.39 is 5.63 Å². The van der Waals surface area contributed by atoms with Gasteiger partial charge in [0.25, 0.3) is 12.4 Å². The van der Waals surface area contributed by atoms with E-state index in [0.29, 0.717) is 36.9 Å². The molecule has 1 aromatic carbocycles. The predicted molar refractivity (Wildman–Crippen MR) is 119 cm³/mol. The number of amides is 1. The van der Waals surface area contributed by atoms with E-state index in [2.05, 4.69) is 4.90 Å². The van der Waals surface area contributed by atoms with Crippen LogP contribution in [0.25, 0.3) is 0 Å². The minimum Gasteiger partial charge on any atom is -0.497 e. The summed E-state index contributed by atoms with van der Waals surface area (Å²) in [5, 5.41) is 6.89. The first-order valence-corrected chi connectivity index (χ1v) is 10.8. The van der Waals surface area contributed by atoms with Gasteiger partial charge in [0.1, 0.15) is 17.1 Å². The van der Waals surface area contributed by atoms with Gasteiger partial charge in [-0.2, -0.15) is 0 Å². The lowest BCUT2D eigenvalue weighted by Gasteiger charge is -2.37. The molecule has 8 heteroatoms. The van der Waals surface area contributed by atoms with E-state index in [-0.39, 0.29) is 17.9 Å². The zero-order valence-corrected chi connectivity index (χ0v) is 18.6. The maximum atomic E-state index is 13.0. The number of nitrogens with zero attached hydrogens (tertiary/aromatic N) is 2. The second kappa shape index (κ2) is 10.9. The Bertz CT molecular complexity index is 985. The van der Waals surface area contributed by atoms with Crippen molar-refractivity contribution in [3.63, 3.8) is 0 Å². The van der Waals surface area contributed by atoms with Crippen LogP contribution in [-0.2, 0) is 17.6 Å². The highest BCUT2D eigenvalue weighted by molar-refractivity contribution is 5.95. The van der Waals surface area contributed by atoms with Crippen molar-refractivity contribution in [3.8, 4) is 5.75 Å². The van der Waals surface area contributed by atoms with E-state index in [1.165, 1.54) is 6.42 Å². The number of methoxy groups -OCH3 is 1. The number of benzene rings is 1. The first-order valence-electron chi connectivity index (χ1n) is 10.8. The van der Waals surface area contributed by atoms with Crippen LogP contribution in [0.1, 0.15) is 40.1 Å². The highest BCUT2D eigenvalue weighted by Gasteiger charge is 2.34. The van der Waals surface area contributed by atoms with Gasteiger partial charge in [0.15, 0.2) is 0 Å². The molecular weight excluding hydrogens is 412 g/mol. The van der Waals surface area contributed by atoms with Crippen LogP contribution < -0.4 is 10.4 Å². The fraction of sp³-hybridized carbons (Fsp3) is 0.458. The molecule has 3 heterocycles. The predicted octanol–water partition coefficient (Wildman–Crippen LogP) is 2.36. The Balaban J connectivity index is 0.000000913. The maximum Gasteiger partial charge on any atom is 0.349 e. The molecule has 2 saturated heterocycles. The summed E-state index contributed by atoms with van der Waals surface area (Å²) in [7, 11) is 1.64. The highest BCUT2D eigenvalue weighted by Crippen LogP contribution is 2.23. The number of carbonyl (C=O) groups excluding carboxylic acids is 1. The molecule has 0 saturated carbocycles. The summed E-state index contributed by atoms with van der Waals surface area (Å²) in [6.45, 7) is 4.97. The summed E-state index contributed by atoms with van der Waals surface area (Å²) in [6.07, 6.45) is 3.68. The molecule has 1 amide bonds. The Hall–Kier alpha value is -3.13. The van der Waals surface area contributed by atoms with Crippen molar-refractivity contribution >= 4 is 12.4 Å². The van der Waals surface area contributed by atoms with Crippen LogP contribution in [-0.4, -0.2) is 66.6 Å². The lowest BCUT2D eigenvalue weighted by atomic mass is 10.0. The van der Waals surface area contributed by atoms with Crippen molar-refractivity contribution in [1.82, 2.24) is 9.80 Å². The van der Waals surface area contributed by atoms with Crippen LogP contribution in [0.5, 0.6) is 5.75 Å². The van der Waals surface area contributed by atoms with Crippen LogP contribution in [0.3, 0.4) is 0 Å². The van der Waals surface area contributed by atoms with E-state index in [9.17, 15) is 9.59 Å². The second-order valence-corrected chi connectivity index (χ2v) is 8.09. The van der Waals surface area contributed by atoms with Gasteiger partial charge < -0.3 is 19.2 Å². The van der Waals surface area contributed by atoms with Crippen LogP contribution >= 0.6 is 0 Å². The first kappa shape index (κ1) is 23.5. The SMILES string of the molecule is COc1ccc(CCc2cc(C)c(C(=O)N3CCN4CCCC4C3)c(=O)o2)cc1.O=CO. The Kier molecular flexibility index (Phi) is 8.05. The van der Waals surface area contributed by atoms with Crippen LogP contribution in [0, 0.1) is 6.92 Å². The summed E-state index contributed by atoms with van der Waals surface area (Å²) < 4.78 is 10.7. The lowest BCUT2D eigenvalue weighted by molar-refractivity contribution is -0.122. The molecule has 0 bridgehead atoms. The molecule has 1 atom stereocenters. The zero-order chi connectivity index (χ0) is 23.1. The normalized spacial score (nSPS) is 17.8. The van der Waals surface area contributed by atoms with Crippen molar-refractivity contribution in [2.24, 2.45) is 0 Å². The second-order valence-electron chi connectivity index (χ2n) is 8.09. The molecule has 2 aromatic rings. The molecule has 32 heavy (non-hydrogen) atoms. The molecule has 0 aliphatic carbocycles. The van der Waals surface area contributed by atoms with Gasteiger partial charge in [-0.15, -0.1) is 0 Å². The standard InChI is InChI=1S/C23H28N2O4.CH2O2/c1-16-14-20(10-7-17-5-8-19(28-2)9-6-17)29-23(27)21(16)22(26)25-13-12-24-11-3-4-18(24)15-25;2-1-3/h5-6,8-9,14,18H,3-4,7,10-13,15H2,1-2H3;1H,(H,2,3). The van der Waals surface area contributed by atoms with Crippen molar-refractivity contribution < 1.29 is 23.8 Å². The third kappa shape index (κ3) is 5.56. The summed E-state index contributed by atoms with van der Waals surface area (Å²) in [5.41, 5.74) is 1.50. The fourth-order valence-electron chi connectivity index (χ4n) is 4.45. The maximum absolute atomic E-state index is 13.0. The highest BCUT2D eigenvalue weighted by atomic mass is 16.5. The van der Waals surface area contributed by atoms with Crippen molar-refractivity contribution in [1.29, 1.82) is 0 Å². The molecular formula is C24H30N2O6. The number of hydrogen-bond donors (Lipinski definition) is 1. The van der Waals surface area contributed by atoms with Crippen molar-refractivity contribution in [2.75, 3.05) is 33.3 Å². The fourth-order valence-corrected chi connectivity index (χ4v) is 4.45. The molecule has 1 unspecified atom stereocenters. The zero-order valence-electron chi connectivity index (χ0n) is 18.6. The van der Waals surface area contributed by atoms with Crippen LogP contribution in [0.2, 0.25) is 0 Å². The number of ether oxygens (including phenoxy) is 1. The quantitative estimate of drug-likeness (QED) is 0.710. The van der Waals surface area contributed by atoms with E-state index in [1.807, 2.05) is 42.2 Å². The lowest BCUT2D eigenvalue weighted by Crippen LogP contribution is -2.52. The Morgan fingerprint density at radius 2 is 1.94 bits per heavy atom. The number of fused-ring (bicyclic) bond motifs is 1. The number of piperazine rings is 1. The van der Waals surface area contributed by atoms with Gasteiger partial charge in [-0.05, 0) is 62.1 Å². The van der Waals surface area contributed by atoms with Gasteiger partial charge in [0.2, 0.25) is 0 Å². The molecule has 2 aliphatic heterocycles. The summed E-state index contributed by atoms with van der Waals surface area (Å²) >= 11 is 0.